The Morgan fingerprint density at radius 3 is 1.93 bits per heavy atom. The average molecular weight is 403 g/mol. The Bertz CT molecular complexity index is 818. The molecule has 2 aromatic rings. The first kappa shape index (κ1) is 21.7. The fraction of sp³-hybridized carbons (Fsp3) is 0.600. The van der Waals surface area contributed by atoms with E-state index in [1.165, 1.54) is 51.4 Å². The van der Waals surface area contributed by atoms with Crippen molar-refractivity contribution in [1.29, 1.82) is 0 Å². The summed E-state index contributed by atoms with van der Waals surface area (Å²) in [6, 6.07) is 18.3. The summed E-state index contributed by atoms with van der Waals surface area (Å²) in [5.41, 5.74) is 6.46. The molecule has 162 valence electrons. The molecule has 0 fully saturated rings. The maximum atomic E-state index is 2.58. The third-order valence-electron chi connectivity index (χ3n) is 9.02. The SMILES string of the molecule is CCC(C1CCc2ccccc2C1)C(C)C(C)C(C)CC1CCc2ccccc2C1. The standard InChI is InChI=1S/C30H42/c1-5-30(29-17-16-26-11-7-9-13-28(26)20-29)23(4)22(3)21(2)18-24-14-15-25-10-6-8-12-27(25)19-24/h6-13,21-24,29-30H,5,14-20H2,1-4H3. The van der Waals surface area contributed by atoms with Gasteiger partial charge in [-0.1, -0.05) is 82.6 Å². The van der Waals surface area contributed by atoms with Gasteiger partial charge < -0.3 is 0 Å². The van der Waals surface area contributed by atoms with Gasteiger partial charge in [-0.25, -0.2) is 0 Å². The molecule has 6 unspecified atom stereocenters. The summed E-state index contributed by atoms with van der Waals surface area (Å²) >= 11 is 0. The number of aryl methyl sites for hydroxylation is 2. The summed E-state index contributed by atoms with van der Waals surface area (Å²) in [4.78, 5) is 0. The minimum absolute atomic E-state index is 0.810. The Labute approximate surface area is 185 Å². The maximum absolute atomic E-state index is 2.58. The fourth-order valence-corrected chi connectivity index (χ4v) is 6.85. The van der Waals surface area contributed by atoms with Crippen molar-refractivity contribution in [3.8, 4) is 0 Å². The highest BCUT2D eigenvalue weighted by molar-refractivity contribution is 5.30. The number of hydrogen-bond acceptors (Lipinski definition) is 0. The Morgan fingerprint density at radius 1 is 0.733 bits per heavy atom. The van der Waals surface area contributed by atoms with Gasteiger partial charge in [-0.05, 0) is 103 Å². The van der Waals surface area contributed by atoms with E-state index in [0.717, 1.165) is 35.5 Å². The van der Waals surface area contributed by atoms with Crippen LogP contribution in [0, 0.1) is 35.5 Å². The predicted octanol–water partition coefficient (Wildman–Crippen LogP) is 7.92. The Balaban J connectivity index is 1.36. The van der Waals surface area contributed by atoms with E-state index in [-0.39, 0.29) is 0 Å². The van der Waals surface area contributed by atoms with Gasteiger partial charge in [0.1, 0.15) is 0 Å². The molecule has 0 heteroatoms. The van der Waals surface area contributed by atoms with Crippen molar-refractivity contribution in [2.75, 3.05) is 0 Å². The fourth-order valence-electron chi connectivity index (χ4n) is 6.85. The van der Waals surface area contributed by atoms with Crippen LogP contribution in [-0.2, 0) is 25.7 Å². The summed E-state index contributed by atoms with van der Waals surface area (Å²) in [5, 5.41) is 0. The zero-order chi connectivity index (χ0) is 21.1. The van der Waals surface area contributed by atoms with Crippen LogP contribution in [0.4, 0.5) is 0 Å². The monoisotopic (exact) mass is 402 g/mol. The Morgan fingerprint density at radius 2 is 1.30 bits per heavy atom. The third-order valence-corrected chi connectivity index (χ3v) is 9.02. The normalized spacial score (nSPS) is 24.9. The smallest absolute Gasteiger partial charge is 0.0245 e. The lowest BCUT2D eigenvalue weighted by atomic mass is 9.65. The first-order chi connectivity index (χ1) is 14.6. The van der Waals surface area contributed by atoms with E-state index in [4.69, 9.17) is 0 Å². The topological polar surface area (TPSA) is 0 Å². The van der Waals surface area contributed by atoms with Gasteiger partial charge in [0.25, 0.3) is 0 Å². The van der Waals surface area contributed by atoms with Crippen molar-refractivity contribution >= 4 is 0 Å². The van der Waals surface area contributed by atoms with E-state index in [9.17, 15) is 0 Å². The van der Waals surface area contributed by atoms with Crippen molar-refractivity contribution in [3.63, 3.8) is 0 Å². The lowest BCUT2D eigenvalue weighted by Gasteiger charge is -2.40. The van der Waals surface area contributed by atoms with Gasteiger partial charge in [0.05, 0.1) is 0 Å². The highest BCUT2D eigenvalue weighted by atomic mass is 14.4. The first-order valence-corrected chi connectivity index (χ1v) is 12.7. The van der Waals surface area contributed by atoms with Crippen molar-refractivity contribution in [3.05, 3.63) is 70.8 Å². The van der Waals surface area contributed by atoms with Gasteiger partial charge >= 0.3 is 0 Å². The highest BCUT2D eigenvalue weighted by Gasteiger charge is 2.33. The van der Waals surface area contributed by atoms with Gasteiger partial charge in [0, 0.05) is 0 Å². The third kappa shape index (κ3) is 4.68. The van der Waals surface area contributed by atoms with Crippen LogP contribution in [0.15, 0.2) is 48.5 Å². The molecule has 2 aliphatic rings. The van der Waals surface area contributed by atoms with Crippen molar-refractivity contribution < 1.29 is 0 Å². The molecule has 0 heterocycles. The summed E-state index contributed by atoms with van der Waals surface area (Å²) in [6.07, 6.45) is 10.7. The quantitative estimate of drug-likeness (QED) is 0.441. The largest absolute Gasteiger partial charge is 0.0651 e. The first-order valence-electron chi connectivity index (χ1n) is 12.7. The molecule has 0 amide bonds. The molecule has 6 atom stereocenters. The van der Waals surface area contributed by atoms with Crippen LogP contribution < -0.4 is 0 Å². The molecule has 0 radical (unpaired) electrons. The molecule has 0 nitrogen and oxygen atoms in total. The lowest BCUT2D eigenvalue weighted by Crippen LogP contribution is -2.32. The molecular weight excluding hydrogens is 360 g/mol. The predicted molar refractivity (Wildman–Crippen MR) is 130 cm³/mol. The van der Waals surface area contributed by atoms with E-state index in [1.807, 2.05) is 0 Å². The minimum atomic E-state index is 0.810. The minimum Gasteiger partial charge on any atom is -0.0651 e. The van der Waals surface area contributed by atoms with Gasteiger partial charge in [0.2, 0.25) is 0 Å². The summed E-state index contributed by atoms with van der Waals surface area (Å²) in [5.74, 6) is 5.06. The van der Waals surface area contributed by atoms with Crippen molar-refractivity contribution in [2.45, 2.75) is 79.1 Å². The molecule has 0 spiro atoms. The highest BCUT2D eigenvalue weighted by Crippen LogP contribution is 2.41. The zero-order valence-corrected chi connectivity index (χ0v) is 19.7. The molecule has 2 aromatic carbocycles. The molecule has 0 aromatic heterocycles. The van der Waals surface area contributed by atoms with E-state index in [1.54, 1.807) is 22.3 Å². The zero-order valence-electron chi connectivity index (χ0n) is 19.7. The van der Waals surface area contributed by atoms with E-state index in [0.29, 0.717) is 0 Å². The van der Waals surface area contributed by atoms with Gasteiger partial charge in [0.15, 0.2) is 0 Å². The van der Waals surface area contributed by atoms with Crippen LogP contribution in [0.3, 0.4) is 0 Å². The number of fused-ring (bicyclic) bond motifs is 2. The number of hydrogen-bond donors (Lipinski definition) is 0. The Kier molecular flexibility index (Phi) is 7.01. The van der Waals surface area contributed by atoms with Crippen LogP contribution in [-0.4, -0.2) is 0 Å². The van der Waals surface area contributed by atoms with Gasteiger partial charge in [-0.3, -0.25) is 0 Å². The molecular formula is C30H42. The average Bonchev–Trinajstić information content (AvgIpc) is 2.78. The maximum Gasteiger partial charge on any atom is -0.0245 e. The number of benzene rings is 2. The van der Waals surface area contributed by atoms with Crippen LogP contribution >= 0.6 is 0 Å². The Hall–Kier alpha value is -1.56. The summed E-state index contributed by atoms with van der Waals surface area (Å²) in [7, 11) is 0. The van der Waals surface area contributed by atoms with Crippen LogP contribution in [0.25, 0.3) is 0 Å². The van der Waals surface area contributed by atoms with Gasteiger partial charge in [-0.2, -0.15) is 0 Å². The lowest BCUT2D eigenvalue weighted by molar-refractivity contribution is 0.122. The molecule has 0 saturated carbocycles. The number of rotatable bonds is 7. The van der Waals surface area contributed by atoms with Crippen LogP contribution in [0.2, 0.25) is 0 Å². The molecule has 0 N–H and O–H groups in total. The summed E-state index contributed by atoms with van der Waals surface area (Å²) in [6.45, 7) is 10.1. The molecule has 0 saturated heterocycles. The van der Waals surface area contributed by atoms with E-state index in [2.05, 4.69) is 76.2 Å². The molecule has 2 aliphatic carbocycles. The van der Waals surface area contributed by atoms with Crippen LogP contribution in [0.5, 0.6) is 0 Å². The molecule has 0 bridgehead atoms. The molecule has 30 heavy (non-hydrogen) atoms. The van der Waals surface area contributed by atoms with E-state index < -0.39 is 0 Å². The van der Waals surface area contributed by atoms with Crippen molar-refractivity contribution in [2.24, 2.45) is 35.5 Å². The van der Waals surface area contributed by atoms with Gasteiger partial charge in [-0.15, -0.1) is 0 Å². The molecule has 4 rings (SSSR count). The second-order valence-electron chi connectivity index (χ2n) is 10.7. The van der Waals surface area contributed by atoms with Crippen LogP contribution in [0.1, 0.15) is 75.6 Å². The second kappa shape index (κ2) is 9.71. The second-order valence-corrected chi connectivity index (χ2v) is 10.7. The van der Waals surface area contributed by atoms with E-state index >= 15 is 0 Å². The summed E-state index contributed by atoms with van der Waals surface area (Å²) < 4.78 is 0. The van der Waals surface area contributed by atoms with Crippen molar-refractivity contribution in [1.82, 2.24) is 0 Å². The molecule has 0 aliphatic heterocycles.